The van der Waals surface area contributed by atoms with Gasteiger partial charge in [0.15, 0.2) is 0 Å². The molecule has 2 aromatic rings. The topological polar surface area (TPSA) is 41.6 Å². The molecule has 3 rings (SSSR count). The van der Waals surface area contributed by atoms with E-state index in [0.29, 0.717) is 12.1 Å². The number of ether oxygens (including phenoxy) is 1. The monoisotopic (exact) mass is 360 g/mol. The van der Waals surface area contributed by atoms with Gasteiger partial charge >= 0.3 is 6.61 Å². The van der Waals surface area contributed by atoms with E-state index < -0.39 is 6.61 Å². The number of fused-ring (bicyclic) bond motifs is 1. The van der Waals surface area contributed by atoms with E-state index in [1.165, 1.54) is 29.3 Å². The van der Waals surface area contributed by atoms with Crippen LogP contribution in [0.2, 0.25) is 0 Å². The van der Waals surface area contributed by atoms with Crippen LogP contribution in [0.5, 0.6) is 5.75 Å². The van der Waals surface area contributed by atoms with Crippen LogP contribution in [0, 0.1) is 0 Å². The number of carbonyl (C=O) groups is 1. The summed E-state index contributed by atoms with van der Waals surface area (Å²) in [6.45, 7) is 0.512. The Hall–Kier alpha value is -2.47. The molecule has 1 aliphatic rings. The molecule has 0 aromatic heterocycles. The normalized spacial score (nSPS) is 14.1. The van der Waals surface area contributed by atoms with Crippen molar-refractivity contribution in [3.63, 3.8) is 0 Å². The van der Waals surface area contributed by atoms with Crippen molar-refractivity contribution < 1.29 is 18.3 Å². The van der Waals surface area contributed by atoms with Crippen molar-refractivity contribution in [2.75, 3.05) is 19.6 Å². The third-order valence-corrected chi connectivity index (χ3v) is 4.47. The summed E-state index contributed by atoms with van der Waals surface area (Å²) in [6, 6.07) is 14.3. The lowest BCUT2D eigenvalue weighted by Gasteiger charge is -2.28. The van der Waals surface area contributed by atoms with Gasteiger partial charge in [-0.2, -0.15) is 8.78 Å². The molecule has 1 heterocycles. The largest absolute Gasteiger partial charge is 0.435 e. The van der Waals surface area contributed by atoms with Crippen LogP contribution in [0.15, 0.2) is 48.5 Å². The summed E-state index contributed by atoms with van der Waals surface area (Å²) in [5.74, 6) is -0.298. The van der Waals surface area contributed by atoms with E-state index in [1.54, 1.807) is 6.07 Å². The molecule has 0 radical (unpaired) electrons. The zero-order chi connectivity index (χ0) is 18.4. The summed E-state index contributed by atoms with van der Waals surface area (Å²) < 4.78 is 28.8. The quantitative estimate of drug-likeness (QED) is 0.769. The van der Waals surface area contributed by atoms with E-state index in [9.17, 15) is 13.6 Å². The van der Waals surface area contributed by atoms with Gasteiger partial charge in [0.25, 0.3) is 5.91 Å². The summed E-state index contributed by atoms with van der Waals surface area (Å²) in [5.41, 5.74) is 3.11. The fourth-order valence-electron chi connectivity index (χ4n) is 3.17. The van der Waals surface area contributed by atoms with Gasteiger partial charge in [-0.15, -0.1) is 0 Å². The van der Waals surface area contributed by atoms with Crippen molar-refractivity contribution in [2.45, 2.75) is 26.0 Å². The third kappa shape index (κ3) is 5.02. The Morgan fingerprint density at radius 3 is 2.77 bits per heavy atom. The molecule has 2 aromatic carbocycles. The highest BCUT2D eigenvalue weighted by Gasteiger charge is 2.15. The second-order valence-electron chi connectivity index (χ2n) is 6.31. The summed E-state index contributed by atoms with van der Waals surface area (Å²) in [7, 11) is 0. The van der Waals surface area contributed by atoms with Crippen LogP contribution in [-0.4, -0.2) is 37.1 Å². The zero-order valence-corrected chi connectivity index (χ0v) is 14.5. The van der Waals surface area contributed by atoms with E-state index >= 15 is 0 Å². The number of hydrogen-bond donors (Lipinski definition) is 1. The molecule has 0 spiro atoms. The number of benzene rings is 2. The second-order valence-corrected chi connectivity index (χ2v) is 6.31. The van der Waals surface area contributed by atoms with Gasteiger partial charge in [0.1, 0.15) is 5.75 Å². The van der Waals surface area contributed by atoms with Crippen molar-refractivity contribution in [1.82, 2.24) is 10.2 Å². The predicted molar refractivity (Wildman–Crippen MR) is 95.4 cm³/mol. The highest BCUT2D eigenvalue weighted by atomic mass is 19.3. The maximum atomic E-state index is 12.2. The standard InChI is InChI=1S/C20H22F2N2O2/c21-20(22)26-18-8-3-7-16(13-18)19(25)23-10-4-11-24-12-9-15-5-1-2-6-17(15)14-24/h1-3,5-8,13,20H,4,9-12,14H2,(H,23,25). The Morgan fingerprint density at radius 2 is 1.96 bits per heavy atom. The summed E-state index contributed by atoms with van der Waals surface area (Å²) in [5, 5.41) is 2.83. The minimum atomic E-state index is -2.90. The number of hydrogen-bond acceptors (Lipinski definition) is 3. The van der Waals surface area contributed by atoms with E-state index in [4.69, 9.17) is 0 Å². The molecule has 26 heavy (non-hydrogen) atoms. The van der Waals surface area contributed by atoms with E-state index in [-0.39, 0.29) is 11.7 Å². The molecule has 0 unspecified atom stereocenters. The number of halogens is 2. The van der Waals surface area contributed by atoms with Crippen molar-refractivity contribution in [3.8, 4) is 5.75 Å². The van der Waals surface area contributed by atoms with Gasteiger partial charge < -0.3 is 10.1 Å². The van der Waals surface area contributed by atoms with Crippen LogP contribution >= 0.6 is 0 Å². The molecule has 1 N–H and O–H groups in total. The molecule has 138 valence electrons. The summed E-state index contributed by atoms with van der Waals surface area (Å²) in [6.07, 6.45) is 1.89. The molecule has 4 nitrogen and oxygen atoms in total. The number of rotatable bonds is 7. The Bertz CT molecular complexity index is 752. The lowest BCUT2D eigenvalue weighted by atomic mass is 10.00. The maximum Gasteiger partial charge on any atom is 0.387 e. The van der Waals surface area contributed by atoms with E-state index in [2.05, 4.69) is 39.2 Å². The number of alkyl halides is 2. The second kappa shape index (κ2) is 8.76. The van der Waals surface area contributed by atoms with E-state index in [0.717, 1.165) is 32.5 Å². The fourth-order valence-corrected chi connectivity index (χ4v) is 3.17. The zero-order valence-electron chi connectivity index (χ0n) is 14.5. The molecule has 6 heteroatoms. The molecule has 1 amide bonds. The molecule has 0 saturated heterocycles. The average molecular weight is 360 g/mol. The fraction of sp³-hybridized carbons (Fsp3) is 0.350. The lowest BCUT2D eigenvalue weighted by Crippen LogP contribution is -2.33. The van der Waals surface area contributed by atoms with Gasteiger partial charge in [0.2, 0.25) is 0 Å². The van der Waals surface area contributed by atoms with Crippen molar-refractivity contribution in [3.05, 3.63) is 65.2 Å². The molecular weight excluding hydrogens is 338 g/mol. The average Bonchev–Trinajstić information content (AvgIpc) is 2.64. The number of amides is 1. The molecule has 0 saturated carbocycles. The highest BCUT2D eigenvalue weighted by Crippen LogP contribution is 2.18. The van der Waals surface area contributed by atoms with Gasteiger partial charge in [-0.3, -0.25) is 9.69 Å². The van der Waals surface area contributed by atoms with E-state index in [1.807, 2.05) is 0 Å². The van der Waals surface area contributed by atoms with Gasteiger partial charge in [-0.05, 0) is 42.2 Å². The van der Waals surface area contributed by atoms with Gasteiger partial charge in [-0.25, -0.2) is 0 Å². The van der Waals surface area contributed by atoms with Crippen LogP contribution in [0.1, 0.15) is 27.9 Å². The first-order valence-corrected chi connectivity index (χ1v) is 8.74. The number of nitrogens with zero attached hydrogens (tertiary/aromatic N) is 1. The van der Waals surface area contributed by atoms with Crippen LogP contribution in [0.4, 0.5) is 8.78 Å². The molecule has 0 bridgehead atoms. The lowest BCUT2D eigenvalue weighted by molar-refractivity contribution is -0.0498. The SMILES string of the molecule is O=C(NCCCN1CCc2ccccc2C1)c1cccc(OC(F)F)c1. The Morgan fingerprint density at radius 1 is 1.15 bits per heavy atom. The van der Waals surface area contributed by atoms with Crippen LogP contribution in [0.3, 0.4) is 0 Å². The predicted octanol–water partition coefficient (Wildman–Crippen LogP) is 3.47. The Balaban J connectivity index is 1.42. The number of carbonyl (C=O) groups excluding carboxylic acids is 1. The van der Waals surface area contributed by atoms with Crippen molar-refractivity contribution in [1.29, 1.82) is 0 Å². The first-order valence-electron chi connectivity index (χ1n) is 8.74. The van der Waals surface area contributed by atoms with Gasteiger partial charge in [-0.1, -0.05) is 30.3 Å². The van der Waals surface area contributed by atoms with Gasteiger partial charge in [0, 0.05) is 31.7 Å². The molecule has 0 atom stereocenters. The van der Waals surface area contributed by atoms with Crippen LogP contribution < -0.4 is 10.1 Å². The summed E-state index contributed by atoms with van der Waals surface area (Å²) in [4.78, 5) is 14.5. The Labute approximate surface area is 151 Å². The van der Waals surface area contributed by atoms with Gasteiger partial charge in [0.05, 0.1) is 0 Å². The minimum Gasteiger partial charge on any atom is -0.435 e. The van der Waals surface area contributed by atoms with Crippen LogP contribution in [-0.2, 0) is 13.0 Å². The maximum absolute atomic E-state index is 12.2. The molecule has 0 fully saturated rings. The molecule has 1 aliphatic heterocycles. The highest BCUT2D eigenvalue weighted by molar-refractivity contribution is 5.94. The van der Waals surface area contributed by atoms with Crippen molar-refractivity contribution in [2.24, 2.45) is 0 Å². The molecular formula is C20H22F2N2O2. The minimum absolute atomic E-state index is 0.0142. The number of nitrogens with one attached hydrogen (secondary N) is 1. The van der Waals surface area contributed by atoms with Crippen molar-refractivity contribution >= 4 is 5.91 Å². The smallest absolute Gasteiger partial charge is 0.387 e. The first-order chi connectivity index (χ1) is 12.6. The molecule has 0 aliphatic carbocycles. The summed E-state index contributed by atoms with van der Waals surface area (Å²) >= 11 is 0. The Kier molecular flexibility index (Phi) is 6.17. The third-order valence-electron chi connectivity index (χ3n) is 4.47. The first kappa shape index (κ1) is 18.3. The van der Waals surface area contributed by atoms with Crippen LogP contribution in [0.25, 0.3) is 0 Å².